The summed E-state index contributed by atoms with van der Waals surface area (Å²) in [4.78, 5) is 46.7. The van der Waals surface area contributed by atoms with Crippen molar-refractivity contribution < 1.29 is 29.0 Å². The molecule has 0 aromatic rings. The maximum Gasteiger partial charge on any atom is 0.321 e. The van der Waals surface area contributed by atoms with Gasteiger partial charge in [-0.25, -0.2) is 0 Å². The van der Waals surface area contributed by atoms with E-state index in [-0.39, 0.29) is 36.3 Å². The van der Waals surface area contributed by atoms with Gasteiger partial charge in [0.25, 0.3) is 0 Å². The largest absolute Gasteiger partial charge is 0.480 e. The van der Waals surface area contributed by atoms with Gasteiger partial charge in [-0.3, -0.25) is 24.1 Å². The van der Waals surface area contributed by atoms with Gasteiger partial charge in [0.1, 0.15) is 6.04 Å². The Morgan fingerprint density at radius 1 is 1.29 bits per heavy atom. The molecule has 0 saturated heterocycles. The predicted molar refractivity (Wildman–Crippen MR) is 108 cm³/mol. The van der Waals surface area contributed by atoms with Gasteiger partial charge >= 0.3 is 5.97 Å². The molecule has 0 heterocycles. The molecule has 10 heteroatoms. The second kappa shape index (κ2) is 16.3. The van der Waals surface area contributed by atoms with Gasteiger partial charge in [0.15, 0.2) is 0 Å². The van der Waals surface area contributed by atoms with Gasteiger partial charge in [0.2, 0.25) is 18.2 Å². The standard InChI is InChI=1S/C18H33N3O6S/c1-3-4-5-9-27-10-7-20-16(23)6-8-21(13-22)17(24)11-14(2)28-12-15(19)18(25)26/h13-15H,3-12,19H2,1-2H3,(H,20,23)(H,25,26). The van der Waals surface area contributed by atoms with Gasteiger partial charge < -0.3 is 20.9 Å². The normalized spacial score (nSPS) is 12.8. The van der Waals surface area contributed by atoms with E-state index in [1.807, 2.05) is 0 Å². The minimum absolute atomic E-state index is 0.00243. The number of thioether (sulfide) groups is 1. The number of hydrogen-bond donors (Lipinski definition) is 3. The zero-order valence-electron chi connectivity index (χ0n) is 16.7. The van der Waals surface area contributed by atoms with Crippen LogP contribution in [0.15, 0.2) is 0 Å². The number of ether oxygens (including phenoxy) is 1. The number of imide groups is 1. The third-order valence-corrected chi connectivity index (χ3v) is 5.11. The quantitative estimate of drug-likeness (QED) is 0.230. The highest BCUT2D eigenvalue weighted by molar-refractivity contribution is 7.99. The molecule has 0 aliphatic rings. The van der Waals surface area contributed by atoms with Crippen molar-refractivity contribution >= 4 is 36.0 Å². The number of rotatable bonds is 17. The molecule has 0 spiro atoms. The fraction of sp³-hybridized carbons (Fsp3) is 0.778. The van der Waals surface area contributed by atoms with Crippen molar-refractivity contribution in [3.63, 3.8) is 0 Å². The zero-order valence-corrected chi connectivity index (χ0v) is 17.5. The molecule has 0 aliphatic carbocycles. The van der Waals surface area contributed by atoms with Crippen LogP contribution in [-0.2, 0) is 23.9 Å². The van der Waals surface area contributed by atoms with Crippen LogP contribution in [0.2, 0.25) is 0 Å². The Bertz CT molecular complexity index is 492. The highest BCUT2D eigenvalue weighted by atomic mass is 32.2. The van der Waals surface area contributed by atoms with Crippen LogP contribution in [-0.4, -0.2) is 77.5 Å². The Morgan fingerprint density at radius 3 is 2.61 bits per heavy atom. The Balaban J connectivity index is 4.01. The minimum Gasteiger partial charge on any atom is -0.480 e. The van der Waals surface area contributed by atoms with E-state index >= 15 is 0 Å². The maximum absolute atomic E-state index is 12.1. The first kappa shape index (κ1) is 26.4. The molecule has 0 rings (SSSR count). The molecule has 2 atom stereocenters. The molecule has 0 fully saturated rings. The number of carbonyl (C=O) groups is 4. The third-order valence-electron chi connectivity index (χ3n) is 3.83. The van der Waals surface area contributed by atoms with E-state index in [0.29, 0.717) is 26.2 Å². The van der Waals surface area contributed by atoms with E-state index in [2.05, 4.69) is 12.2 Å². The zero-order chi connectivity index (χ0) is 21.4. The summed E-state index contributed by atoms with van der Waals surface area (Å²) in [6.45, 7) is 5.36. The van der Waals surface area contributed by atoms with Crippen molar-refractivity contribution in [2.75, 3.05) is 32.1 Å². The van der Waals surface area contributed by atoms with Crippen molar-refractivity contribution in [1.82, 2.24) is 10.2 Å². The van der Waals surface area contributed by atoms with Crippen molar-refractivity contribution in [2.45, 2.75) is 57.2 Å². The summed E-state index contributed by atoms with van der Waals surface area (Å²) >= 11 is 1.25. The average molecular weight is 420 g/mol. The average Bonchev–Trinajstić information content (AvgIpc) is 2.65. The lowest BCUT2D eigenvalue weighted by molar-refractivity contribution is -0.139. The van der Waals surface area contributed by atoms with Crippen molar-refractivity contribution in [1.29, 1.82) is 0 Å². The Labute approximate surface area is 170 Å². The van der Waals surface area contributed by atoms with Gasteiger partial charge in [-0.15, -0.1) is 0 Å². The number of carboxylic acid groups (broad SMARTS) is 1. The van der Waals surface area contributed by atoms with Crippen LogP contribution in [0, 0.1) is 0 Å². The number of amides is 3. The molecule has 4 N–H and O–H groups in total. The Morgan fingerprint density at radius 2 is 2.00 bits per heavy atom. The third kappa shape index (κ3) is 13.5. The first-order chi connectivity index (χ1) is 13.3. The smallest absolute Gasteiger partial charge is 0.321 e. The SMILES string of the molecule is CCCCCOCCNC(=O)CCN(C=O)C(=O)CC(C)SCC(N)C(=O)O. The highest BCUT2D eigenvalue weighted by Gasteiger charge is 2.19. The van der Waals surface area contributed by atoms with Gasteiger partial charge in [-0.1, -0.05) is 26.7 Å². The van der Waals surface area contributed by atoms with E-state index in [9.17, 15) is 19.2 Å². The van der Waals surface area contributed by atoms with E-state index in [1.165, 1.54) is 11.8 Å². The minimum atomic E-state index is -1.10. The number of nitrogens with one attached hydrogen (secondary N) is 1. The second-order valence-corrected chi connectivity index (χ2v) is 7.88. The van der Waals surface area contributed by atoms with E-state index in [1.54, 1.807) is 6.92 Å². The molecule has 0 bridgehead atoms. The lowest BCUT2D eigenvalue weighted by Gasteiger charge is -2.18. The fourth-order valence-corrected chi connectivity index (χ4v) is 3.07. The number of carbonyl (C=O) groups excluding carboxylic acids is 3. The lowest BCUT2D eigenvalue weighted by atomic mass is 10.3. The Kier molecular flexibility index (Phi) is 15.4. The van der Waals surface area contributed by atoms with Gasteiger partial charge in [-0.2, -0.15) is 11.8 Å². The monoisotopic (exact) mass is 419 g/mol. The number of hydrogen-bond acceptors (Lipinski definition) is 7. The van der Waals surface area contributed by atoms with E-state index in [0.717, 1.165) is 24.2 Å². The van der Waals surface area contributed by atoms with Crippen LogP contribution < -0.4 is 11.1 Å². The number of nitrogens with zero attached hydrogens (tertiary/aromatic N) is 1. The molecule has 9 nitrogen and oxygen atoms in total. The van der Waals surface area contributed by atoms with Gasteiger partial charge in [0.05, 0.1) is 6.61 Å². The molecule has 0 radical (unpaired) electrons. The number of unbranched alkanes of at least 4 members (excludes halogenated alkanes) is 2. The topological polar surface area (TPSA) is 139 Å². The second-order valence-electron chi connectivity index (χ2n) is 6.40. The first-order valence-corrected chi connectivity index (χ1v) is 10.6. The maximum atomic E-state index is 12.1. The molecule has 0 aromatic carbocycles. The molecule has 162 valence electrons. The number of carboxylic acids is 1. The summed E-state index contributed by atoms with van der Waals surface area (Å²) in [5, 5.41) is 11.2. The van der Waals surface area contributed by atoms with Crippen molar-refractivity contribution in [3.8, 4) is 0 Å². The van der Waals surface area contributed by atoms with E-state index in [4.69, 9.17) is 15.6 Å². The summed E-state index contributed by atoms with van der Waals surface area (Å²) in [7, 11) is 0. The number of nitrogens with two attached hydrogens (primary N) is 1. The molecule has 3 amide bonds. The summed E-state index contributed by atoms with van der Waals surface area (Å²) in [5.41, 5.74) is 5.42. The van der Waals surface area contributed by atoms with E-state index < -0.39 is 17.9 Å². The fourth-order valence-electron chi connectivity index (χ4n) is 2.13. The molecule has 0 aromatic heterocycles. The molecular formula is C18H33N3O6S. The summed E-state index contributed by atoms with van der Waals surface area (Å²) in [5.74, 6) is -1.59. The summed E-state index contributed by atoms with van der Waals surface area (Å²) in [6.07, 6.45) is 3.73. The van der Waals surface area contributed by atoms with Crippen LogP contribution in [0.4, 0.5) is 0 Å². The molecule has 0 saturated carbocycles. The van der Waals surface area contributed by atoms with Crippen LogP contribution in [0.25, 0.3) is 0 Å². The molecule has 28 heavy (non-hydrogen) atoms. The van der Waals surface area contributed by atoms with Crippen molar-refractivity contribution in [3.05, 3.63) is 0 Å². The van der Waals surface area contributed by atoms with Crippen LogP contribution in [0.5, 0.6) is 0 Å². The lowest BCUT2D eigenvalue weighted by Crippen LogP contribution is -2.36. The summed E-state index contributed by atoms with van der Waals surface area (Å²) in [6, 6.07) is -0.996. The van der Waals surface area contributed by atoms with Crippen LogP contribution >= 0.6 is 11.8 Å². The molecule has 2 unspecified atom stereocenters. The number of aliphatic carboxylic acids is 1. The Hall–Kier alpha value is -1.65. The molecule has 0 aliphatic heterocycles. The highest BCUT2D eigenvalue weighted by Crippen LogP contribution is 2.16. The van der Waals surface area contributed by atoms with Gasteiger partial charge in [-0.05, 0) is 6.42 Å². The van der Waals surface area contributed by atoms with Crippen LogP contribution in [0.3, 0.4) is 0 Å². The predicted octanol–water partition coefficient (Wildman–Crippen LogP) is 0.608. The first-order valence-electron chi connectivity index (χ1n) is 9.51. The molecular weight excluding hydrogens is 386 g/mol. The van der Waals surface area contributed by atoms with Crippen molar-refractivity contribution in [2.24, 2.45) is 5.73 Å². The summed E-state index contributed by atoms with van der Waals surface area (Å²) < 4.78 is 5.39. The van der Waals surface area contributed by atoms with Gasteiger partial charge in [0, 0.05) is 43.5 Å². The van der Waals surface area contributed by atoms with Crippen LogP contribution in [0.1, 0.15) is 46.0 Å².